The van der Waals surface area contributed by atoms with Crippen molar-refractivity contribution < 1.29 is 149 Å². The molecule has 0 amide bonds. The van der Waals surface area contributed by atoms with Gasteiger partial charge in [0.1, 0.15) is 23.9 Å². The largest absolute Gasteiger partial charge is 0.507 e. The highest BCUT2D eigenvalue weighted by atomic mass is 16.7. The van der Waals surface area contributed by atoms with Gasteiger partial charge in [-0.15, -0.1) is 0 Å². The topological polar surface area (TPSA) is 511 Å². The second-order valence-electron chi connectivity index (χ2n) is 19.3. The molecule has 0 aromatic heterocycles. The first-order valence-corrected chi connectivity index (χ1v) is 23.4. The predicted octanol–water partition coefficient (Wildman–Crippen LogP) is -0.136. The Balaban J connectivity index is 1.23. The molecule has 5 aliphatic heterocycles. The number of rotatable bonds is 4. The molecule has 0 spiro atoms. The van der Waals surface area contributed by atoms with Crippen LogP contribution in [0.25, 0.3) is 11.1 Å². The number of aliphatic hydroxyl groups excluding tert-OH is 1. The van der Waals surface area contributed by atoms with Crippen LogP contribution in [0.1, 0.15) is 78.2 Å². The van der Waals surface area contributed by atoms with Gasteiger partial charge in [-0.2, -0.15) is 0 Å². The number of carbonyl (C=O) groups excluding carboxylic acids is 6. The van der Waals surface area contributed by atoms with E-state index in [9.17, 15) is 96.4 Å². The molecule has 11 rings (SSSR count). The van der Waals surface area contributed by atoms with Crippen molar-refractivity contribution >= 4 is 35.6 Å². The molecule has 9 atom stereocenters. The average molecular weight is 1130 g/mol. The van der Waals surface area contributed by atoms with E-state index in [-0.39, 0.29) is 5.56 Å². The van der Waals surface area contributed by atoms with Gasteiger partial charge in [0.05, 0.1) is 40.2 Å². The first-order valence-electron chi connectivity index (χ1n) is 23.4. The number of esters is 5. The number of phenolic OH excluding ortho intramolecular Hbond substituents is 13. The van der Waals surface area contributed by atoms with Crippen LogP contribution in [0.3, 0.4) is 0 Å². The lowest BCUT2D eigenvalue weighted by atomic mass is 9.64. The molecule has 0 radical (unpaired) electrons. The van der Waals surface area contributed by atoms with Crippen LogP contribution in [0.4, 0.5) is 0 Å². The number of phenols is 13. The number of benzene rings is 5. The maximum atomic E-state index is 15.2. The van der Waals surface area contributed by atoms with Gasteiger partial charge in [-0.3, -0.25) is 9.59 Å². The van der Waals surface area contributed by atoms with E-state index in [1.165, 1.54) is 0 Å². The van der Waals surface area contributed by atoms with Crippen LogP contribution in [0, 0.1) is 0 Å². The zero-order valence-electron chi connectivity index (χ0n) is 40.4. The van der Waals surface area contributed by atoms with E-state index in [2.05, 4.69) is 0 Å². The summed E-state index contributed by atoms with van der Waals surface area (Å²) in [7, 11) is 0. The molecule has 5 aromatic carbocycles. The Morgan fingerprint density at radius 3 is 1.68 bits per heavy atom. The fourth-order valence-corrected chi connectivity index (χ4v) is 11.1. The summed E-state index contributed by atoms with van der Waals surface area (Å²) in [6.45, 7) is -0.732. The van der Waals surface area contributed by atoms with Gasteiger partial charge in [0.15, 0.2) is 82.3 Å². The Morgan fingerprint density at radius 1 is 0.543 bits per heavy atom. The standard InChI is InChI=1S/C51H38O30/c1-10(52)76-24-9-75-46(68)13-5-20(57)34(62)37(65)25(13)26-14(6-21(58)35(63)38(26)66)47(69)78-41(24)44-43-29(28-17(54)8-16(53)12-4-23(60)39(77-40(12)28)11-2-18(55)33(61)19(56)3-11)30-31(49(71)79-43)32-27-15(48(70)80-44)7-22(59)36(64)42(27)81-51(32,74)50(72,73)45(30)67/h2-3,5-8,23-24,29,32,39,41,43-44,53-66,72-74H,4,9H2,1H3. The molecule has 9 unspecified atom stereocenters. The van der Waals surface area contributed by atoms with Crippen molar-refractivity contribution in [3.05, 3.63) is 86.5 Å². The molecule has 17 N–H and O–H groups in total. The normalized spacial score (nSPS) is 26.0. The first kappa shape index (κ1) is 52.7. The predicted molar refractivity (Wildman–Crippen MR) is 250 cm³/mol. The quantitative estimate of drug-likeness (QED) is 0.0482. The molecule has 30 heteroatoms. The lowest BCUT2D eigenvalue weighted by molar-refractivity contribution is -0.324. The number of Topliss-reactive ketones (excluding diaryl/α,β-unsaturated/α-hetero) is 1. The fourth-order valence-electron chi connectivity index (χ4n) is 11.1. The second kappa shape index (κ2) is 17.6. The van der Waals surface area contributed by atoms with Gasteiger partial charge in [-0.05, 0) is 30.3 Å². The molecule has 0 saturated heterocycles. The molecular formula is C51H38O30. The number of ether oxygens (including phenoxy) is 7. The van der Waals surface area contributed by atoms with Crippen LogP contribution < -0.4 is 9.47 Å². The van der Waals surface area contributed by atoms with E-state index in [1.54, 1.807) is 0 Å². The van der Waals surface area contributed by atoms with Gasteiger partial charge in [-0.25, -0.2) is 19.2 Å². The van der Waals surface area contributed by atoms with Crippen molar-refractivity contribution in [2.24, 2.45) is 0 Å². The molecular weight excluding hydrogens is 1090 g/mol. The number of hydrogen-bond acceptors (Lipinski definition) is 30. The molecule has 0 fully saturated rings. The zero-order chi connectivity index (χ0) is 58.7. The summed E-state index contributed by atoms with van der Waals surface area (Å²) in [6.07, 6.45) is -15.4. The van der Waals surface area contributed by atoms with E-state index in [4.69, 9.17) is 33.2 Å². The van der Waals surface area contributed by atoms with Crippen molar-refractivity contribution in [1.29, 1.82) is 0 Å². The molecule has 1 aliphatic carbocycles. The monoisotopic (exact) mass is 1130 g/mol. The van der Waals surface area contributed by atoms with Crippen molar-refractivity contribution in [2.75, 3.05) is 6.61 Å². The van der Waals surface area contributed by atoms with Crippen LogP contribution in [0.2, 0.25) is 0 Å². The summed E-state index contributed by atoms with van der Waals surface area (Å²) in [6, 6.07) is 3.36. The second-order valence-corrected chi connectivity index (χ2v) is 19.3. The smallest absolute Gasteiger partial charge is 0.339 e. The summed E-state index contributed by atoms with van der Waals surface area (Å²) < 4.78 is 40.5. The minimum Gasteiger partial charge on any atom is -0.507 e. The molecule has 5 aromatic rings. The summed E-state index contributed by atoms with van der Waals surface area (Å²) in [5.41, 5.74) is -10.9. The highest BCUT2D eigenvalue weighted by molar-refractivity contribution is 6.14. The van der Waals surface area contributed by atoms with Crippen LogP contribution in [-0.4, -0.2) is 171 Å². The Labute approximate surface area is 447 Å². The van der Waals surface area contributed by atoms with Gasteiger partial charge >= 0.3 is 29.8 Å². The van der Waals surface area contributed by atoms with Gasteiger partial charge in [0, 0.05) is 58.4 Å². The van der Waals surface area contributed by atoms with Crippen LogP contribution >= 0.6 is 0 Å². The van der Waals surface area contributed by atoms with Crippen molar-refractivity contribution in [3.63, 3.8) is 0 Å². The van der Waals surface area contributed by atoms with Crippen LogP contribution in [0.15, 0.2) is 47.5 Å². The number of ketones is 1. The SMILES string of the molecule is CC(=O)OC1COC(=O)c2cc(O)c(O)c(O)c2-c2c(cc(O)c(O)c2O)C(=O)OC1C1OC(=O)c2cc(O)c(O)c3c2C2C4=C(C(=O)C(O)(O)C2(O)O3)C(c2c(O)cc(O)c3c2OC(c2cc(O)c(O)c(O)c2)C(O)C3)C1OC4=O. The third-order valence-electron chi connectivity index (χ3n) is 14.7. The number of fused-ring (bicyclic) bond motifs is 5. The minimum atomic E-state index is -4.39. The molecule has 6 aliphatic rings. The van der Waals surface area contributed by atoms with Gasteiger partial charge in [0.2, 0.25) is 23.0 Å². The summed E-state index contributed by atoms with van der Waals surface area (Å²) in [5, 5.41) is 190. The lowest BCUT2D eigenvalue weighted by Gasteiger charge is -2.49. The Hall–Kier alpha value is -10.3. The van der Waals surface area contributed by atoms with Crippen molar-refractivity contribution in [3.8, 4) is 97.4 Å². The van der Waals surface area contributed by atoms with Gasteiger partial charge in [0.25, 0.3) is 11.6 Å². The van der Waals surface area contributed by atoms with E-state index in [0.717, 1.165) is 19.1 Å². The van der Waals surface area contributed by atoms with Crippen LogP contribution in [0.5, 0.6) is 86.2 Å². The highest BCUT2D eigenvalue weighted by Gasteiger charge is 2.74. The number of aromatic hydroxyl groups is 13. The Kier molecular flexibility index (Phi) is 11.5. The molecule has 5 heterocycles. The number of carbonyl (C=O) groups is 6. The molecule has 30 nitrogen and oxygen atoms in total. The maximum Gasteiger partial charge on any atom is 0.339 e. The summed E-state index contributed by atoms with van der Waals surface area (Å²) in [4.78, 5) is 87.9. The molecule has 422 valence electrons. The number of hydrogen-bond donors (Lipinski definition) is 17. The van der Waals surface area contributed by atoms with E-state index in [1.807, 2.05) is 0 Å². The molecule has 81 heavy (non-hydrogen) atoms. The number of aliphatic hydroxyl groups is 4. The minimum absolute atomic E-state index is 0.337. The van der Waals surface area contributed by atoms with Gasteiger partial charge in [-0.1, -0.05) is 0 Å². The van der Waals surface area contributed by atoms with Gasteiger partial charge < -0.3 is 120 Å². The summed E-state index contributed by atoms with van der Waals surface area (Å²) in [5.74, 6) is -42.8. The fraction of sp³-hybridized carbons (Fsp3) is 0.255. The third-order valence-corrected chi connectivity index (χ3v) is 14.7. The molecule has 0 saturated carbocycles. The first-order chi connectivity index (χ1) is 38.0. The average Bonchev–Trinajstić information content (AvgIpc) is 2.01. The van der Waals surface area contributed by atoms with Crippen molar-refractivity contribution in [2.45, 2.75) is 73.4 Å². The zero-order valence-corrected chi connectivity index (χ0v) is 40.4. The Morgan fingerprint density at radius 2 is 1.07 bits per heavy atom. The van der Waals surface area contributed by atoms with Crippen molar-refractivity contribution in [1.82, 2.24) is 0 Å². The summed E-state index contributed by atoms with van der Waals surface area (Å²) >= 11 is 0. The Bertz CT molecular complexity index is 3760. The highest BCUT2D eigenvalue weighted by Crippen LogP contribution is 2.65. The lowest BCUT2D eigenvalue weighted by Crippen LogP contribution is -2.69. The number of cyclic esters (lactones) is 3. The van der Waals surface area contributed by atoms with E-state index in [0.29, 0.717) is 24.3 Å². The van der Waals surface area contributed by atoms with Crippen LogP contribution in [-0.2, 0) is 44.5 Å². The van der Waals surface area contributed by atoms with E-state index < -0.39 is 251 Å². The third kappa shape index (κ3) is 7.33. The van der Waals surface area contributed by atoms with E-state index >= 15 is 19.2 Å². The maximum absolute atomic E-state index is 15.2. The molecule has 4 bridgehead atoms.